The molecular formula is C25H17Cl2F3N2O2S. The largest absolute Gasteiger partial charge is 0.416 e. The highest BCUT2D eigenvalue weighted by Gasteiger charge is 2.42. The van der Waals surface area contributed by atoms with Crippen LogP contribution in [0.5, 0.6) is 0 Å². The summed E-state index contributed by atoms with van der Waals surface area (Å²) in [5.41, 5.74) is 0.785. The van der Waals surface area contributed by atoms with E-state index in [4.69, 9.17) is 23.2 Å². The summed E-state index contributed by atoms with van der Waals surface area (Å²) < 4.78 is 40.0. The van der Waals surface area contributed by atoms with Crippen molar-refractivity contribution in [2.45, 2.75) is 24.9 Å². The predicted molar refractivity (Wildman–Crippen MR) is 133 cm³/mol. The summed E-state index contributed by atoms with van der Waals surface area (Å²) in [5, 5.41) is 3.21. The number of carbonyl (C=O) groups is 2. The third-order valence-corrected chi connectivity index (χ3v) is 7.06. The van der Waals surface area contributed by atoms with Crippen molar-refractivity contribution in [3.63, 3.8) is 0 Å². The van der Waals surface area contributed by atoms with Gasteiger partial charge in [0.1, 0.15) is 10.6 Å². The van der Waals surface area contributed by atoms with Crippen molar-refractivity contribution >= 4 is 58.2 Å². The van der Waals surface area contributed by atoms with Gasteiger partial charge >= 0.3 is 6.18 Å². The molecule has 0 unspecified atom stereocenters. The second kappa shape index (κ2) is 9.60. The van der Waals surface area contributed by atoms with Crippen molar-refractivity contribution in [3.8, 4) is 0 Å². The summed E-state index contributed by atoms with van der Waals surface area (Å²) in [4.78, 5) is 28.2. The highest BCUT2D eigenvalue weighted by atomic mass is 35.5. The number of benzene rings is 3. The highest BCUT2D eigenvalue weighted by Crippen LogP contribution is 2.42. The van der Waals surface area contributed by atoms with Crippen molar-refractivity contribution in [1.82, 2.24) is 0 Å². The first-order chi connectivity index (χ1) is 16.5. The Morgan fingerprint density at radius 2 is 1.54 bits per heavy atom. The monoisotopic (exact) mass is 536 g/mol. The fraction of sp³-hybridized carbons (Fsp3) is 0.120. The van der Waals surface area contributed by atoms with Gasteiger partial charge in [-0.3, -0.25) is 9.59 Å². The smallest absolute Gasteiger partial charge is 0.350 e. The number of nitrogens with one attached hydrogen (secondary N) is 1. The second-order valence-corrected chi connectivity index (χ2v) is 9.72. The Hall–Kier alpha value is -2.94. The molecular weight excluding hydrogens is 520 g/mol. The average molecular weight is 537 g/mol. The Bertz CT molecular complexity index is 1370. The number of aryl methyl sites for hydroxylation is 2. The molecule has 0 saturated heterocycles. The van der Waals surface area contributed by atoms with Crippen molar-refractivity contribution < 1.29 is 22.8 Å². The van der Waals surface area contributed by atoms with Gasteiger partial charge in [-0.2, -0.15) is 13.2 Å². The normalized spacial score (nSPS) is 14.2. The molecule has 2 amide bonds. The van der Waals surface area contributed by atoms with Crippen LogP contribution in [0.4, 0.5) is 24.5 Å². The lowest BCUT2D eigenvalue weighted by molar-refractivity contribution is -0.137. The number of nitrogens with zero attached hydrogens (tertiary/aromatic N) is 1. The summed E-state index contributed by atoms with van der Waals surface area (Å²) in [6.07, 6.45) is -4.68. The summed E-state index contributed by atoms with van der Waals surface area (Å²) >= 11 is 13.4. The maximum atomic E-state index is 13.4. The quantitative estimate of drug-likeness (QED) is 0.340. The molecule has 3 aromatic rings. The summed E-state index contributed by atoms with van der Waals surface area (Å²) in [7, 11) is 0. The van der Waals surface area contributed by atoms with Gasteiger partial charge in [0.25, 0.3) is 11.8 Å². The molecule has 0 radical (unpaired) electrons. The lowest BCUT2D eigenvalue weighted by Gasteiger charge is -2.18. The van der Waals surface area contributed by atoms with Crippen LogP contribution in [0.3, 0.4) is 0 Å². The number of carbonyl (C=O) groups excluding carboxylic acids is 2. The Labute approximate surface area is 213 Å². The van der Waals surface area contributed by atoms with E-state index < -0.39 is 23.6 Å². The molecule has 1 aliphatic heterocycles. The van der Waals surface area contributed by atoms with Gasteiger partial charge in [-0.25, -0.2) is 4.90 Å². The van der Waals surface area contributed by atoms with Crippen LogP contribution in [-0.4, -0.2) is 11.8 Å². The van der Waals surface area contributed by atoms with Crippen molar-refractivity contribution in [1.29, 1.82) is 0 Å². The minimum Gasteiger partial charge on any atom is -0.350 e. The third-order valence-electron chi connectivity index (χ3n) is 5.24. The van der Waals surface area contributed by atoms with Crippen LogP contribution < -0.4 is 10.2 Å². The van der Waals surface area contributed by atoms with E-state index in [-0.39, 0.29) is 21.3 Å². The van der Waals surface area contributed by atoms with Gasteiger partial charge in [-0.1, -0.05) is 58.7 Å². The molecule has 4 rings (SSSR count). The van der Waals surface area contributed by atoms with E-state index in [0.717, 1.165) is 35.0 Å². The summed E-state index contributed by atoms with van der Waals surface area (Å²) in [6.45, 7) is 3.72. The zero-order valence-corrected chi connectivity index (χ0v) is 20.7. The molecule has 0 saturated carbocycles. The number of alkyl halides is 3. The number of hydrogen-bond donors (Lipinski definition) is 1. The zero-order valence-electron chi connectivity index (χ0n) is 18.3. The third kappa shape index (κ3) is 5.19. The second-order valence-electron chi connectivity index (χ2n) is 7.82. The maximum Gasteiger partial charge on any atom is 0.416 e. The van der Waals surface area contributed by atoms with Crippen LogP contribution in [-0.2, 0) is 15.8 Å². The molecule has 4 nitrogen and oxygen atoms in total. The Morgan fingerprint density at radius 3 is 2.17 bits per heavy atom. The van der Waals surface area contributed by atoms with Gasteiger partial charge in [0.2, 0.25) is 0 Å². The van der Waals surface area contributed by atoms with Crippen LogP contribution in [0.1, 0.15) is 16.7 Å². The fourth-order valence-corrected chi connectivity index (χ4v) is 4.64. The van der Waals surface area contributed by atoms with Crippen LogP contribution in [0, 0.1) is 13.8 Å². The molecule has 1 heterocycles. The molecule has 0 aromatic heterocycles. The highest BCUT2D eigenvalue weighted by molar-refractivity contribution is 8.04. The number of halogens is 5. The first kappa shape index (κ1) is 25.2. The summed E-state index contributed by atoms with van der Waals surface area (Å²) in [6, 6.07) is 14.8. The standard InChI is InChI=1S/C25H17Cl2F3N2O2S/c1-13-3-8-17(9-4-13)35-22-21(31-16-7-5-14(2)19(27)12-16)23(33)32(24(22)34)20-11-15(25(28,29)30)6-10-18(20)26/h3-12,31H,1-2H3. The van der Waals surface area contributed by atoms with E-state index in [1.165, 1.54) is 0 Å². The molecule has 1 N–H and O–H groups in total. The van der Waals surface area contributed by atoms with Gasteiger partial charge in [0.15, 0.2) is 0 Å². The lowest BCUT2D eigenvalue weighted by atomic mass is 10.2. The van der Waals surface area contributed by atoms with E-state index in [9.17, 15) is 22.8 Å². The van der Waals surface area contributed by atoms with Crippen molar-refractivity contribution in [2.75, 3.05) is 10.2 Å². The molecule has 0 fully saturated rings. The first-order valence-electron chi connectivity index (χ1n) is 10.2. The van der Waals surface area contributed by atoms with Gasteiger partial charge in [0.05, 0.1) is 16.3 Å². The van der Waals surface area contributed by atoms with E-state index >= 15 is 0 Å². The topological polar surface area (TPSA) is 49.4 Å². The van der Waals surface area contributed by atoms with Gasteiger partial charge in [-0.15, -0.1) is 0 Å². The van der Waals surface area contributed by atoms with Crippen LogP contribution in [0.25, 0.3) is 0 Å². The zero-order chi connectivity index (χ0) is 25.5. The van der Waals surface area contributed by atoms with Gasteiger partial charge in [-0.05, 0) is 61.9 Å². The fourth-order valence-electron chi connectivity index (χ4n) is 3.33. The van der Waals surface area contributed by atoms with E-state index in [0.29, 0.717) is 26.6 Å². The van der Waals surface area contributed by atoms with Crippen molar-refractivity contribution in [3.05, 3.63) is 98.0 Å². The van der Waals surface area contributed by atoms with Crippen LogP contribution in [0.15, 0.2) is 76.2 Å². The van der Waals surface area contributed by atoms with Crippen LogP contribution >= 0.6 is 35.0 Å². The van der Waals surface area contributed by atoms with E-state index in [2.05, 4.69) is 5.32 Å². The molecule has 10 heteroatoms. The predicted octanol–water partition coefficient (Wildman–Crippen LogP) is 7.62. The van der Waals surface area contributed by atoms with Crippen LogP contribution in [0.2, 0.25) is 10.0 Å². The van der Waals surface area contributed by atoms with E-state index in [1.807, 2.05) is 26.0 Å². The van der Waals surface area contributed by atoms with E-state index in [1.54, 1.807) is 30.3 Å². The number of anilines is 2. The number of thioether (sulfide) groups is 1. The minimum absolute atomic E-state index is 0.0176. The maximum absolute atomic E-state index is 13.4. The van der Waals surface area contributed by atoms with Crippen molar-refractivity contribution in [2.24, 2.45) is 0 Å². The SMILES string of the molecule is Cc1ccc(SC2=C(Nc3ccc(C)c(Cl)c3)C(=O)N(c3cc(C(F)(F)F)ccc3Cl)C2=O)cc1. The number of amides is 2. The Kier molecular flexibility index (Phi) is 6.90. The molecule has 0 atom stereocenters. The molecule has 0 bridgehead atoms. The van der Waals surface area contributed by atoms with Gasteiger partial charge in [0, 0.05) is 15.6 Å². The molecule has 3 aromatic carbocycles. The number of hydrogen-bond acceptors (Lipinski definition) is 4. The molecule has 1 aliphatic rings. The number of imide groups is 1. The molecule has 35 heavy (non-hydrogen) atoms. The average Bonchev–Trinajstić information content (AvgIpc) is 3.01. The van der Waals surface area contributed by atoms with Gasteiger partial charge < -0.3 is 5.32 Å². The summed E-state index contributed by atoms with van der Waals surface area (Å²) in [5.74, 6) is -1.62. The number of rotatable bonds is 5. The first-order valence-corrected chi connectivity index (χ1v) is 11.8. The Morgan fingerprint density at radius 1 is 0.857 bits per heavy atom. The lowest BCUT2D eigenvalue weighted by Crippen LogP contribution is -2.33. The molecule has 0 aliphatic carbocycles. The molecule has 180 valence electrons. The minimum atomic E-state index is -4.68. The Balaban J connectivity index is 1.79. The molecule has 0 spiro atoms.